The molecule has 1 saturated carbocycles. The molecule has 4 nitrogen and oxygen atoms in total. The minimum atomic E-state index is -3.37. The number of sulfonamides is 1. The van der Waals surface area contributed by atoms with E-state index in [4.69, 9.17) is 0 Å². The van der Waals surface area contributed by atoms with Crippen molar-refractivity contribution in [2.75, 3.05) is 20.1 Å². The highest BCUT2D eigenvalue weighted by Gasteiger charge is 2.17. The Morgan fingerprint density at radius 3 is 2.30 bits per heavy atom. The number of nitrogens with one attached hydrogen (secondary N) is 2. The molecule has 0 aromatic heterocycles. The zero-order valence-electron chi connectivity index (χ0n) is 12.1. The van der Waals surface area contributed by atoms with Crippen LogP contribution in [-0.2, 0) is 10.0 Å². The van der Waals surface area contributed by atoms with Crippen LogP contribution in [0.3, 0.4) is 0 Å². The highest BCUT2D eigenvalue weighted by atomic mass is 32.2. The molecule has 1 aliphatic rings. The monoisotopic (exact) mass is 296 g/mol. The summed E-state index contributed by atoms with van der Waals surface area (Å²) in [5.41, 5.74) is 1.28. The van der Waals surface area contributed by atoms with Gasteiger partial charge in [0.15, 0.2) is 0 Å². The van der Waals surface area contributed by atoms with Crippen molar-refractivity contribution < 1.29 is 8.42 Å². The van der Waals surface area contributed by atoms with Gasteiger partial charge in [-0.2, -0.15) is 0 Å². The molecule has 0 saturated heterocycles. The summed E-state index contributed by atoms with van der Waals surface area (Å²) in [7, 11) is -1.57. The molecule has 0 atom stereocenters. The molecule has 1 aromatic carbocycles. The fraction of sp³-hybridized carbons (Fsp3) is 0.600. The van der Waals surface area contributed by atoms with E-state index in [1.165, 1.54) is 37.7 Å². The Morgan fingerprint density at radius 2 is 1.70 bits per heavy atom. The van der Waals surface area contributed by atoms with Crippen LogP contribution in [0.2, 0.25) is 0 Å². The first kappa shape index (κ1) is 15.5. The molecule has 0 heterocycles. The fourth-order valence-corrected chi connectivity index (χ4v) is 3.78. The van der Waals surface area contributed by atoms with Gasteiger partial charge in [0.05, 0.1) is 4.90 Å². The molecular formula is C15H24N2O2S. The second-order valence-corrected chi connectivity index (χ2v) is 7.17. The predicted molar refractivity (Wildman–Crippen MR) is 81.4 cm³/mol. The summed E-state index contributed by atoms with van der Waals surface area (Å²) >= 11 is 0. The summed E-state index contributed by atoms with van der Waals surface area (Å²) in [6, 6.07) is 7.41. The van der Waals surface area contributed by atoms with E-state index in [9.17, 15) is 8.42 Å². The van der Waals surface area contributed by atoms with Crippen LogP contribution < -0.4 is 10.0 Å². The standard InChI is InChI=1S/C15H24N2O2S/c1-16-11-12-17-20(18,19)15-9-7-14(8-10-15)13-5-3-2-4-6-13/h7-10,13,16-17H,2-6,11-12H2,1H3. The van der Waals surface area contributed by atoms with Crippen LogP contribution in [0, 0.1) is 0 Å². The van der Waals surface area contributed by atoms with Crippen molar-refractivity contribution in [3.05, 3.63) is 29.8 Å². The average molecular weight is 296 g/mol. The van der Waals surface area contributed by atoms with Gasteiger partial charge in [-0.1, -0.05) is 31.4 Å². The molecule has 1 fully saturated rings. The van der Waals surface area contributed by atoms with Gasteiger partial charge in [-0.3, -0.25) is 0 Å². The number of benzene rings is 1. The molecule has 0 bridgehead atoms. The highest BCUT2D eigenvalue weighted by Crippen LogP contribution is 2.32. The van der Waals surface area contributed by atoms with Gasteiger partial charge in [0.2, 0.25) is 10.0 Å². The summed E-state index contributed by atoms with van der Waals surface area (Å²) < 4.78 is 26.7. The Morgan fingerprint density at radius 1 is 1.05 bits per heavy atom. The number of rotatable bonds is 6. The number of likely N-dealkylation sites (N-methyl/N-ethyl adjacent to an activating group) is 1. The molecule has 0 aliphatic heterocycles. The zero-order chi connectivity index (χ0) is 14.4. The van der Waals surface area contributed by atoms with E-state index in [0.29, 0.717) is 23.9 Å². The molecular weight excluding hydrogens is 272 g/mol. The molecule has 20 heavy (non-hydrogen) atoms. The minimum Gasteiger partial charge on any atom is -0.318 e. The SMILES string of the molecule is CNCCNS(=O)(=O)c1ccc(C2CCCCC2)cc1. The average Bonchev–Trinajstić information content (AvgIpc) is 2.48. The fourth-order valence-electron chi connectivity index (χ4n) is 2.75. The third-order valence-electron chi connectivity index (χ3n) is 3.93. The summed E-state index contributed by atoms with van der Waals surface area (Å²) in [6.45, 7) is 1.03. The predicted octanol–water partition coefficient (Wildman–Crippen LogP) is 2.23. The lowest BCUT2D eigenvalue weighted by atomic mass is 9.84. The molecule has 0 unspecified atom stereocenters. The van der Waals surface area contributed by atoms with Gasteiger partial charge in [0, 0.05) is 13.1 Å². The molecule has 5 heteroatoms. The van der Waals surface area contributed by atoms with Gasteiger partial charge >= 0.3 is 0 Å². The van der Waals surface area contributed by atoms with E-state index in [0.717, 1.165) is 0 Å². The molecule has 112 valence electrons. The Bertz CT molecular complexity index is 505. The van der Waals surface area contributed by atoms with Crippen molar-refractivity contribution in [1.82, 2.24) is 10.0 Å². The smallest absolute Gasteiger partial charge is 0.240 e. The summed E-state index contributed by atoms with van der Waals surface area (Å²) in [5.74, 6) is 0.609. The van der Waals surface area contributed by atoms with Gasteiger partial charge in [-0.25, -0.2) is 13.1 Å². The normalized spacial score (nSPS) is 17.2. The van der Waals surface area contributed by atoms with Crippen LogP contribution in [0.5, 0.6) is 0 Å². The highest BCUT2D eigenvalue weighted by molar-refractivity contribution is 7.89. The molecule has 0 radical (unpaired) electrons. The first-order valence-corrected chi connectivity index (χ1v) is 8.86. The third-order valence-corrected chi connectivity index (χ3v) is 5.41. The maximum atomic E-state index is 12.1. The molecule has 2 N–H and O–H groups in total. The van der Waals surface area contributed by atoms with Crippen LogP contribution in [0.15, 0.2) is 29.2 Å². The summed E-state index contributed by atoms with van der Waals surface area (Å²) in [5, 5.41) is 2.92. The molecule has 1 aromatic rings. The zero-order valence-corrected chi connectivity index (χ0v) is 12.9. The van der Waals surface area contributed by atoms with Gasteiger partial charge < -0.3 is 5.32 Å². The third kappa shape index (κ3) is 4.04. The maximum absolute atomic E-state index is 12.1. The van der Waals surface area contributed by atoms with Crippen LogP contribution in [-0.4, -0.2) is 28.6 Å². The Labute approximate surface area is 122 Å². The summed E-state index contributed by atoms with van der Waals surface area (Å²) in [6.07, 6.45) is 6.37. The Kier molecular flexibility index (Phi) is 5.57. The second-order valence-electron chi connectivity index (χ2n) is 5.41. The lowest BCUT2D eigenvalue weighted by Crippen LogP contribution is -2.30. The summed E-state index contributed by atoms with van der Waals surface area (Å²) in [4.78, 5) is 0.355. The molecule has 2 rings (SSSR count). The van der Waals surface area contributed by atoms with Gasteiger partial charge in [-0.05, 0) is 43.5 Å². The molecule has 0 spiro atoms. The molecule has 1 aliphatic carbocycles. The van der Waals surface area contributed by atoms with Crippen LogP contribution in [0.4, 0.5) is 0 Å². The van der Waals surface area contributed by atoms with Crippen LogP contribution >= 0.6 is 0 Å². The largest absolute Gasteiger partial charge is 0.318 e. The van der Waals surface area contributed by atoms with Gasteiger partial charge in [0.25, 0.3) is 0 Å². The van der Waals surface area contributed by atoms with E-state index < -0.39 is 10.0 Å². The van der Waals surface area contributed by atoms with Crippen molar-refractivity contribution >= 4 is 10.0 Å². The van der Waals surface area contributed by atoms with Gasteiger partial charge in [0.1, 0.15) is 0 Å². The van der Waals surface area contributed by atoms with Crippen molar-refractivity contribution in [1.29, 1.82) is 0 Å². The minimum absolute atomic E-state index is 0.355. The molecule has 0 amide bonds. The number of hydrogen-bond donors (Lipinski definition) is 2. The van der Waals surface area contributed by atoms with E-state index in [-0.39, 0.29) is 0 Å². The number of hydrogen-bond acceptors (Lipinski definition) is 3. The van der Waals surface area contributed by atoms with E-state index in [1.807, 2.05) is 12.1 Å². The van der Waals surface area contributed by atoms with Crippen LogP contribution in [0.25, 0.3) is 0 Å². The van der Waals surface area contributed by atoms with Crippen molar-refractivity contribution in [2.24, 2.45) is 0 Å². The van der Waals surface area contributed by atoms with E-state index >= 15 is 0 Å². The lowest BCUT2D eigenvalue weighted by Gasteiger charge is -2.22. The Hall–Kier alpha value is -0.910. The maximum Gasteiger partial charge on any atom is 0.240 e. The van der Waals surface area contributed by atoms with Gasteiger partial charge in [-0.15, -0.1) is 0 Å². The quantitative estimate of drug-likeness (QED) is 0.792. The van der Waals surface area contributed by atoms with Crippen molar-refractivity contribution in [3.63, 3.8) is 0 Å². The van der Waals surface area contributed by atoms with Crippen LogP contribution in [0.1, 0.15) is 43.6 Å². The van der Waals surface area contributed by atoms with Crippen molar-refractivity contribution in [3.8, 4) is 0 Å². The first-order chi connectivity index (χ1) is 9.63. The van der Waals surface area contributed by atoms with E-state index in [2.05, 4.69) is 10.0 Å². The first-order valence-electron chi connectivity index (χ1n) is 7.38. The lowest BCUT2D eigenvalue weighted by molar-refractivity contribution is 0.443. The van der Waals surface area contributed by atoms with Crippen molar-refractivity contribution in [2.45, 2.75) is 42.9 Å². The Balaban J connectivity index is 2.03. The topological polar surface area (TPSA) is 58.2 Å². The second kappa shape index (κ2) is 7.20. The van der Waals surface area contributed by atoms with E-state index in [1.54, 1.807) is 19.2 Å².